The second-order valence-corrected chi connectivity index (χ2v) is 6.82. The number of carboxylic acid groups (broad SMARTS) is 1. The molecule has 2 rings (SSSR count). The van der Waals surface area contributed by atoms with Crippen LogP contribution in [0.4, 0.5) is 0 Å². The number of carboxylic acids is 1. The van der Waals surface area contributed by atoms with Crippen molar-refractivity contribution in [2.45, 2.75) is 39.2 Å². The first kappa shape index (κ1) is 19.0. The summed E-state index contributed by atoms with van der Waals surface area (Å²) >= 11 is 0. The van der Waals surface area contributed by atoms with Crippen LogP contribution in [0.25, 0.3) is 0 Å². The highest BCUT2D eigenvalue weighted by molar-refractivity contribution is 5.94. The zero-order chi connectivity index (χ0) is 18.4. The number of aliphatic carboxylic acids is 1. The minimum Gasteiger partial charge on any atom is -0.481 e. The van der Waals surface area contributed by atoms with E-state index in [9.17, 15) is 14.4 Å². The van der Waals surface area contributed by atoms with Crippen molar-refractivity contribution < 1.29 is 19.5 Å². The Kier molecular flexibility index (Phi) is 6.56. The van der Waals surface area contributed by atoms with E-state index in [2.05, 4.69) is 5.32 Å². The summed E-state index contributed by atoms with van der Waals surface area (Å²) in [5, 5.41) is 11.9. The van der Waals surface area contributed by atoms with E-state index in [0.717, 1.165) is 31.2 Å². The Hall–Kier alpha value is -2.37. The Balaban J connectivity index is 1.87. The second kappa shape index (κ2) is 8.65. The van der Waals surface area contributed by atoms with E-state index in [1.807, 2.05) is 12.1 Å². The van der Waals surface area contributed by atoms with Gasteiger partial charge in [-0.25, -0.2) is 0 Å². The van der Waals surface area contributed by atoms with E-state index >= 15 is 0 Å². The third-order valence-corrected chi connectivity index (χ3v) is 4.71. The van der Waals surface area contributed by atoms with Crippen molar-refractivity contribution in [1.82, 2.24) is 10.2 Å². The molecule has 0 aliphatic heterocycles. The molecule has 1 aliphatic rings. The first-order valence-electron chi connectivity index (χ1n) is 8.73. The van der Waals surface area contributed by atoms with Crippen molar-refractivity contribution in [3.8, 4) is 0 Å². The van der Waals surface area contributed by atoms with Crippen molar-refractivity contribution >= 4 is 17.8 Å². The fourth-order valence-corrected chi connectivity index (χ4v) is 3.08. The predicted molar refractivity (Wildman–Crippen MR) is 94.0 cm³/mol. The van der Waals surface area contributed by atoms with Crippen LogP contribution in [0.3, 0.4) is 0 Å². The van der Waals surface area contributed by atoms with Crippen molar-refractivity contribution in [1.29, 1.82) is 0 Å². The molecule has 0 bridgehead atoms. The Bertz CT molecular complexity index is 621. The van der Waals surface area contributed by atoms with Crippen molar-refractivity contribution in [2.75, 3.05) is 13.6 Å². The molecule has 1 aliphatic carbocycles. The number of carbonyl (C=O) groups excluding carboxylic acids is 2. The van der Waals surface area contributed by atoms with Gasteiger partial charge in [-0.1, -0.05) is 31.9 Å². The summed E-state index contributed by atoms with van der Waals surface area (Å²) in [6, 6.07) is 7.05. The summed E-state index contributed by atoms with van der Waals surface area (Å²) in [7, 11) is 1.59. The zero-order valence-corrected chi connectivity index (χ0v) is 14.8. The average Bonchev–Trinajstić information content (AvgIpc) is 3.14. The number of carbonyl (C=O) groups is 3. The van der Waals surface area contributed by atoms with E-state index < -0.39 is 11.9 Å². The SMILES string of the molecule is CC(CN(C)C(=O)c1ccc(CNC(=O)C2CCCC2)cc1)C(=O)O. The summed E-state index contributed by atoms with van der Waals surface area (Å²) in [6.45, 7) is 2.19. The second-order valence-electron chi connectivity index (χ2n) is 6.82. The fraction of sp³-hybridized carbons (Fsp3) is 0.526. The van der Waals surface area contributed by atoms with Crippen LogP contribution in [0, 0.1) is 11.8 Å². The molecule has 2 N–H and O–H groups in total. The number of nitrogens with one attached hydrogen (secondary N) is 1. The van der Waals surface area contributed by atoms with E-state index in [1.54, 1.807) is 26.1 Å². The minimum atomic E-state index is -0.923. The summed E-state index contributed by atoms with van der Waals surface area (Å²) in [6.07, 6.45) is 4.20. The van der Waals surface area contributed by atoms with Gasteiger partial charge in [-0.3, -0.25) is 14.4 Å². The van der Waals surface area contributed by atoms with E-state index in [0.29, 0.717) is 12.1 Å². The summed E-state index contributed by atoms with van der Waals surface area (Å²) in [5.41, 5.74) is 1.44. The summed E-state index contributed by atoms with van der Waals surface area (Å²) < 4.78 is 0. The van der Waals surface area contributed by atoms with Crippen LogP contribution in [-0.4, -0.2) is 41.4 Å². The van der Waals surface area contributed by atoms with E-state index in [4.69, 9.17) is 5.11 Å². The Morgan fingerprint density at radius 2 is 1.80 bits per heavy atom. The van der Waals surface area contributed by atoms with Crippen molar-refractivity contribution in [2.24, 2.45) is 11.8 Å². The van der Waals surface area contributed by atoms with Gasteiger partial charge >= 0.3 is 5.97 Å². The minimum absolute atomic E-state index is 0.111. The lowest BCUT2D eigenvalue weighted by molar-refractivity contribution is -0.141. The van der Waals surface area contributed by atoms with Crippen LogP contribution in [0.2, 0.25) is 0 Å². The van der Waals surface area contributed by atoms with Crippen molar-refractivity contribution in [3.05, 3.63) is 35.4 Å². The molecule has 1 aromatic carbocycles. The van der Waals surface area contributed by atoms with Gasteiger partial charge in [0.05, 0.1) is 5.92 Å². The third kappa shape index (κ3) is 5.31. The molecule has 0 aromatic heterocycles. The molecule has 1 fully saturated rings. The van der Waals surface area contributed by atoms with Crippen LogP contribution in [0.1, 0.15) is 48.5 Å². The summed E-state index contributed by atoms with van der Waals surface area (Å²) in [5.74, 6) is -1.49. The number of hydrogen-bond donors (Lipinski definition) is 2. The van der Waals surface area contributed by atoms with Gasteiger partial charge in [0.1, 0.15) is 0 Å². The smallest absolute Gasteiger partial charge is 0.308 e. The highest BCUT2D eigenvalue weighted by Crippen LogP contribution is 2.24. The Labute approximate surface area is 148 Å². The summed E-state index contributed by atoms with van der Waals surface area (Å²) in [4.78, 5) is 36.6. The van der Waals surface area contributed by atoms with E-state index in [1.165, 1.54) is 4.90 Å². The molecule has 1 aromatic rings. The number of hydrogen-bond acceptors (Lipinski definition) is 3. The molecule has 0 radical (unpaired) electrons. The average molecular weight is 346 g/mol. The molecule has 25 heavy (non-hydrogen) atoms. The lowest BCUT2D eigenvalue weighted by Gasteiger charge is -2.19. The molecular formula is C19H26N2O4. The predicted octanol–water partition coefficient (Wildman–Crippen LogP) is 2.29. The van der Waals surface area contributed by atoms with Gasteiger partial charge in [-0.2, -0.15) is 0 Å². The maximum Gasteiger partial charge on any atom is 0.308 e. The van der Waals surface area contributed by atoms with Gasteiger partial charge in [0.25, 0.3) is 5.91 Å². The van der Waals surface area contributed by atoms with Gasteiger partial charge in [-0.15, -0.1) is 0 Å². The molecule has 0 saturated heterocycles. The van der Waals surface area contributed by atoms with Crippen LogP contribution in [0.5, 0.6) is 0 Å². The molecule has 0 spiro atoms. The molecule has 1 saturated carbocycles. The van der Waals surface area contributed by atoms with E-state index in [-0.39, 0.29) is 24.3 Å². The normalized spacial score (nSPS) is 15.6. The quantitative estimate of drug-likeness (QED) is 0.793. The maximum absolute atomic E-state index is 12.3. The van der Waals surface area contributed by atoms with Crippen molar-refractivity contribution in [3.63, 3.8) is 0 Å². The van der Waals surface area contributed by atoms with Gasteiger partial charge < -0.3 is 15.3 Å². The highest BCUT2D eigenvalue weighted by Gasteiger charge is 2.22. The first-order chi connectivity index (χ1) is 11.9. The van der Waals surface area contributed by atoms with Gasteiger partial charge in [-0.05, 0) is 30.5 Å². The fourth-order valence-electron chi connectivity index (χ4n) is 3.08. The monoisotopic (exact) mass is 346 g/mol. The largest absolute Gasteiger partial charge is 0.481 e. The number of rotatable bonds is 7. The number of benzene rings is 1. The number of amides is 2. The highest BCUT2D eigenvalue weighted by atomic mass is 16.4. The molecule has 6 heteroatoms. The maximum atomic E-state index is 12.3. The lowest BCUT2D eigenvalue weighted by Crippen LogP contribution is -2.33. The molecule has 136 valence electrons. The standard InChI is InChI=1S/C19H26N2O4/c1-13(19(24)25)12-21(2)18(23)16-9-7-14(8-10-16)11-20-17(22)15-5-3-4-6-15/h7-10,13,15H,3-6,11-12H2,1-2H3,(H,20,22)(H,24,25). The first-order valence-corrected chi connectivity index (χ1v) is 8.73. The molecule has 0 heterocycles. The Morgan fingerprint density at radius 3 is 2.36 bits per heavy atom. The third-order valence-electron chi connectivity index (χ3n) is 4.71. The molecule has 1 atom stereocenters. The zero-order valence-electron chi connectivity index (χ0n) is 14.8. The van der Waals surface area contributed by atoms with Crippen LogP contribution >= 0.6 is 0 Å². The lowest BCUT2D eigenvalue weighted by atomic mass is 10.1. The molecule has 1 unspecified atom stereocenters. The van der Waals surface area contributed by atoms with Gasteiger partial charge in [0, 0.05) is 31.6 Å². The van der Waals surface area contributed by atoms with Crippen LogP contribution in [0.15, 0.2) is 24.3 Å². The molecular weight excluding hydrogens is 320 g/mol. The van der Waals surface area contributed by atoms with Gasteiger partial charge in [0.2, 0.25) is 5.91 Å². The van der Waals surface area contributed by atoms with Crippen LogP contribution in [-0.2, 0) is 16.1 Å². The number of nitrogens with zero attached hydrogens (tertiary/aromatic N) is 1. The van der Waals surface area contributed by atoms with Crippen LogP contribution < -0.4 is 5.32 Å². The topological polar surface area (TPSA) is 86.7 Å². The Morgan fingerprint density at radius 1 is 1.20 bits per heavy atom. The molecule has 2 amide bonds. The molecule has 6 nitrogen and oxygen atoms in total. The van der Waals surface area contributed by atoms with Gasteiger partial charge in [0.15, 0.2) is 0 Å².